The molecular weight excluding hydrogens is 316 g/mol. The van der Waals surface area contributed by atoms with Crippen LogP contribution in [0.1, 0.15) is 30.8 Å². The number of fused-ring (bicyclic) bond motifs is 1. The van der Waals surface area contributed by atoms with E-state index < -0.39 is 5.91 Å². The SMILES string of the molecule is CC(C)CC(=O)Nc1c(C(=O)Nc2ccccc2)oc2ccccc12. The number of carbonyl (C=O) groups is 2. The summed E-state index contributed by atoms with van der Waals surface area (Å²) >= 11 is 0. The molecule has 25 heavy (non-hydrogen) atoms. The largest absolute Gasteiger partial charge is 0.449 e. The Kier molecular flexibility index (Phi) is 4.84. The molecule has 1 aromatic heterocycles. The highest BCUT2D eigenvalue weighted by atomic mass is 16.3. The van der Waals surface area contributed by atoms with Crippen LogP contribution in [0, 0.1) is 5.92 Å². The minimum absolute atomic E-state index is 0.0992. The third-order valence-electron chi connectivity index (χ3n) is 3.69. The molecule has 0 aliphatic carbocycles. The number of furan rings is 1. The van der Waals surface area contributed by atoms with Crippen molar-refractivity contribution in [1.82, 2.24) is 0 Å². The van der Waals surface area contributed by atoms with E-state index in [1.165, 1.54) is 0 Å². The van der Waals surface area contributed by atoms with Gasteiger partial charge in [-0.05, 0) is 30.2 Å². The zero-order valence-corrected chi connectivity index (χ0v) is 14.2. The molecule has 2 N–H and O–H groups in total. The van der Waals surface area contributed by atoms with Crippen molar-refractivity contribution in [1.29, 1.82) is 0 Å². The average molecular weight is 336 g/mol. The van der Waals surface area contributed by atoms with Gasteiger partial charge >= 0.3 is 0 Å². The van der Waals surface area contributed by atoms with Crippen LogP contribution < -0.4 is 10.6 Å². The highest BCUT2D eigenvalue weighted by Gasteiger charge is 2.22. The van der Waals surface area contributed by atoms with E-state index in [1.807, 2.05) is 50.2 Å². The van der Waals surface area contributed by atoms with Gasteiger partial charge in [0.25, 0.3) is 5.91 Å². The number of benzene rings is 2. The molecule has 1 heterocycles. The molecule has 0 saturated carbocycles. The van der Waals surface area contributed by atoms with Gasteiger partial charge in [-0.25, -0.2) is 0 Å². The normalized spacial score (nSPS) is 10.8. The van der Waals surface area contributed by atoms with E-state index in [-0.39, 0.29) is 17.6 Å². The van der Waals surface area contributed by atoms with Crippen LogP contribution in [0.4, 0.5) is 11.4 Å². The summed E-state index contributed by atoms with van der Waals surface area (Å²) in [6.45, 7) is 3.94. The van der Waals surface area contributed by atoms with Gasteiger partial charge in [0.2, 0.25) is 11.7 Å². The summed E-state index contributed by atoms with van der Waals surface area (Å²) < 4.78 is 5.71. The second kappa shape index (κ2) is 7.21. The molecule has 0 spiro atoms. The molecule has 128 valence electrons. The standard InChI is InChI=1S/C20H20N2O3/c1-13(2)12-17(23)22-18-15-10-6-7-11-16(15)25-19(18)20(24)21-14-8-4-3-5-9-14/h3-11,13H,12H2,1-2H3,(H,21,24)(H,22,23). The second-order valence-electron chi connectivity index (χ2n) is 6.27. The zero-order valence-electron chi connectivity index (χ0n) is 14.2. The predicted molar refractivity (Wildman–Crippen MR) is 98.7 cm³/mol. The minimum atomic E-state index is -0.401. The molecule has 5 nitrogen and oxygen atoms in total. The summed E-state index contributed by atoms with van der Waals surface area (Å²) in [4.78, 5) is 24.9. The first-order valence-electron chi connectivity index (χ1n) is 8.22. The minimum Gasteiger partial charge on any atom is -0.449 e. The van der Waals surface area contributed by atoms with Gasteiger partial charge in [0.1, 0.15) is 11.3 Å². The number of anilines is 2. The molecule has 3 rings (SSSR count). The van der Waals surface area contributed by atoms with E-state index in [2.05, 4.69) is 10.6 Å². The topological polar surface area (TPSA) is 71.3 Å². The number of nitrogens with one attached hydrogen (secondary N) is 2. The van der Waals surface area contributed by atoms with Crippen LogP contribution in [-0.2, 0) is 4.79 Å². The molecule has 0 aliphatic rings. The van der Waals surface area contributed by atoms with Crippen molar-refractivity contribution in [2.75, 3.05) is 10.6 Å². The van der Waals surface area contributed by atoms with Crippen LogP contribution in [0.5, 0.6) is 0 Å². The third kappa shape index (κ3) is 3.88. The Hall–Kier alpha value is -3.08. The number of para-hydroxylation sites is 2. The maximum atomic E-state index is 12.7. The molecule has 5 heteroatoms. The third-order valence-corrected chi connectivity index (χ3v) is 3.69. The maximum Gasteiger partial charge on any atom is 0.293 e. The van der Waals surface area contributed by atoms with Crippen LogP contribution in [0.15, 0.2) is 59.0 Å². The first-order valence-corrected chi connectivity index (χ1v) is 8.22. The van der Waals surface area contributed by atoms with Gasteiger partial charge in [0.05, 0.1) is 0 Å². The molecular formula is C20H20N2O3. The van der Waals surface area contributed by atoms with Gasteiger partial charge in [0.15, 0.2) is 0 Å². The molecule has 0 radical (unpaired) electrons. The summed E-state index contributed by atoms with van der Waals surface area (Å²) in [7, 11) is 0. The molecule has 2 amide bonds. The van der Waals surface area contributed by atoms with Gasteiger partial charge in [-0.2, -0.15) is 0 Å². The summed E-state index contributed by atoms with van der Waals surface area (Å²) in [6, 6.07) is 16.4. The van der Waals surface area contributed by atoms with Crippen molar-refractivity contribution in [3.8, 4) is 0 Å². The van der Waals surface area contributed by atoms with E-state index in [9.17, 15) is 9.59 Å². The van der Waals surface area contributed by atoms with Crippen LogP contribution in [-0.4, -0.2) is 11.8 Å². The molecule has 0 unspecified atom stereocenters. The Labute approximate surface area is 146 Å². The Morgan fingerprint density at radius 1 is 0.960 bits per heavy atom. The number of hydrogen-bond donors (Lipinski definition) is 2. The van der Waals surface area contributed by atoms with Crippen molar-refractivity contribution in [2.24, 2.45) is 5.92 Å². The van der Waals surface area contributed by atoms with E-state index in [0.29, 0.717) is 28.8 Å². The van der Waals surface area contributed by atoms with Gasteiger partial charge in [-0.1, -0.05) is 44.2 Å². The Balaban J connectivity index is 1.94. The first-order chi connectivity index (χ1) is 12.0. The number of hydrogen-bond acceptors (Lipinski definition) is 3. The van der Waals surface area contributed by atoms with Crippen LogP contribution in [0.25, 0.3) is 11.0 Å². The average Bonchev–Trinajstić information content (AvgIpc) is 2.94. The molecule has 2 aromatic carbocycles. The second-order valence-corrected chi connectivity index (χ2v) is 6.27. The van der Waals surface area contributed by atoms with Crippen molar-refractivity contribution < 1.29 is 14.0 Å². The number of rotatable bonds is 5. The van der Waals surface area contributed by atoms with Gasteiger partial charge in [-0.15, -0.1) is 0 Å². The molecule has 0 saturated heterocycles. The lowest BCUT2D eigenvalue weighted by atomic mass is 10.1. The predicted octanol–water partition coefficient (Wildman–Crippen LogP) is 4.67. The summed E-state index contributed by atoms with van der Waals surface area (Å²) in [6.07, 6.45) is 0.374. The van der Waals surface area contributed by atoms with Crippen LogP contribution >= 0.6 is 0 Å². The zero-order chi connectivity index (χ0) is 17.8. The lowest BCUT2D eigenvalue weighted by Crippen LogP contribution is -2.18. The fraction of sp³-hybridized carbons (Fsp3) is 0.200. The Morgan fingerprint density at radius 2 is 1.64 bits per heavy atom. The lowest BCUT2D eigenvalue weighted by molar-refractivity contribution is -0.116. The molecule has 0 atom stereocenters. The Bertz CT molecular complexity index is 898. The van der Waals surface area contributed by atoms with E-state index in [0.717, 1.165) is 0 Å². The highest BCUT2D eigenvalue weighted by Crippen LogP contribution is 2.31. The smallest absolute Gasteiger partial charge is 0.293 e. The van der Waals surface area contributed by atoms with E-state index in [4.69, 9.17) is 4.42 Å². The lowest BCUT2D eigenvalue weighted by Gasteiger charge is -2.08. The van der Waals surface area contributed by atoms with Crippen molar-refractivity contribution in [2.45, 2.75) is 20.3 Å². The van der Waals surface area contributed by atoms with Crippen molar-refractivity contribution >= 4 is 34.2 Å². The van der Waals surface area contributed by atoms with Crippen molar-refractivity contribution in [3.05, 3.63) is 60.4 Å². The van der Waals surface area contributed by atoms with Gasteiger partial charge < -0.3 is 15.1 Å². The monoisotopic (exact) mass is 336 g/mol. The summed E-state index contributed by atoms with van der Waals surface area (Å²) in [5.41, 5.74) is 1.63. The molecule has 0 aliphatic heterocycles. The van der Waals surface area contributed by atoms with Gasteiger partial charge in [0, 0.05) is 17.5 Å². The fourth-order valence-corrected chi connectivity index (χ4v) is 2.60. The summed E-state index contributed by atoms with van der Waals surface area (Å²) in [5.74, 6) is -0.223. The first kappa shape index (κ1) is 16.8. The molecule has 3 aromatic rings. The fourth-order valence-electron chi connectivity index (χ4n) is 2.60. The molecule has 0 bridgehead atoms. The van der Waals surface area contributed by atoms with E-state index in [1.54, 1.807) is 18.2 Å². The number of carbonyl (C=O) groups excluding carboxylic acids is 2. The molecule has 0 fully saturated rings. The van der Waals surface area contributed by atoms with Crippen LogP contribution in [0.2, 0.25) is 0 Å². The quantitative estimate of drug-likeness (QED) is 0.711. The van der Waals surface area contributed by atoms with Crippen LogP contribution in [0.3, 0.4) is 0 Å². The Morgan fingerprint density at radius 3 is 2.36 bits per heavy atom. The number of amides is 2. The highest BCUT2D eigenvalue weighted by molar-refractivity contribution is 6.14. The van der Waals surface area contributed by atoms with Gasteiger partial charge in [-0.3, -0.25) is 9.59 Å². The van der Waals surface area contributed by atoms with Crippen molar-refractivity contribution in [3.63, 3.8) is 0 Å². The van der Waals surface area contributed by atoms with E-state index >= 15 is 0 Å². The maximum absolute atomic E-state index is 12.7. The summed E-state index contributed by atoms with van der Waals surface area (Å²) in [5, 5.41) is 6.33.